The lowest BCUT2D eigenvalue weighted by molar-refractivity contribution is -0.123. The number of fused-ring (bicyclic) bond motifs is 2. The van der Waals surface area contributed by atoms with E-state index in [2.05, 4.69) is 10.6 Å². The van der Waals surface area contributed by atoms with Gasteiger partial charge in [-0.2, -0.15) is 0 Å². The number of rotatable bonds is 3. The van der Waals surface area contributed by atoms with Crippen LogP contribution in [0.2, 0.25) is 0 Å². The van der Waals surface area contributed by atoms with Gasteiger partial charge in [0.15, 0.2) is 0 Å². The van der Waals surface area contributed by atoms with Crippen molar-refractivity contribution >= 4 is 5.91 Å². The minimum absolute atomic E-state index is 0.0173. The normalized spacial score (nSPS) is 36.3. The van der Waals surface area contributed by atoms with Crippen molar-refractivity contribution in [1.29, 1.82) is 0 Å². The molecule has 4 nitrogen and oxygen atoms in total. The molecule has 2 fully saturated rings. The molecule has 0 aromatic heterocycles. The first-order valence-electron chi connectivity index (χ1n) is 5.87. The number of piperidine rings is 1. The van der Waals surface area contributed by atoms with Crippen molar-refractivity contribution in [2.75, 3.05) is 0 Å². The van der Waals surface area contributed by atoms with Gasteiger partial charge >= 0.3 is 0 Å². The van der Waals surface area contributed by atoms with Crippen LogP contribution in [0, 0.1) is 0 Å². The van der Waals surface area contributed by atoms with Gasteiger partial charge in [-0.3, -0.25) is 4.79 Å². The Morgan fingerprint density at radius 3 is 2.60 bits per heavy atom. The van der Waals surface area contributed by atoms with Gasteiger partial charge in [-0.05, 0) is 32.6 Å². The highest BCUT2D eigenvalue weighted by Gasteiger charge is 2.33. The Morgan fingerprint density at radius 1 is 1.47 bits per heavy atom. The molecule has 2 heterocycles. The summed E-state index contributed by atoms with van der Waals surface area (Å²) in [6.07, 6.45) is 4.26. The van der Waals surface area contributed by atoms with E-state index in [9.17, 15) is 4.79 Å². The van der Waals surface area contributed by atoms with E-state index >= 15 is 0 Å². The van der Waals surface area contributed by atoms with Gasteiger partial charge in [0.2, 0.25) is 5.91 Å². The van der Waals surface area contributed by atoms with E-state index < -0.39 is 6.10 Å². The van der Waals surface area contributed by atoms with Gasteiger partial charge in [0.25, 0.3) is 0 Å². The molecule has 2 aliphatic heterocycles. The van der Waals surface area contributed by atoms with Crippen molar-refractivity contribution < 1.29 is 9.90 Å². The van der Waals surface area contributed by atoms with E-state index in [0.717, 1.165) is 12.8 Å². The average Bonchev–Trinajstić information content (AvgIpc) is 2.44. The topological polar surface area (TPSA) is 61.4 Å². The molecule has 1 amide bonds. The zero-order chi connectivity index (χ0) is 10.8. The molecule has 0 aromatic carbocycles. The van der Waals surface area contributed by atoms with Crippen molar-refractivity contribution in [3.63, 3.8) is 0 Å². The van der Waals surface area contributed by atoms with E-state index in [1.807, 2.05) is 0 Å². The maximum atomic E-state index is 11.5. The number of hydrogen-bond donors (Lipinski definition) is 3. The van der Waals surface area contributed by atoms with Crippen LogP contribution in [0.4, 0.5) is 0 Å². The predicted octanol–water partition coefficient (Wildman–Crippen LogP) is 0.156. The van der Waals surface area contributed by atoms with Crippen molar-refractivity contribution in [2.45, 2.75) is 63.3 Å². The molecule has 2 aliphatic rings. The molecule has 4 heteroatoms. The Labute approximate surface area is 90.4 Å². The summed E-state index contributed by atoms with van der Waals surface area (Å²) in [6.45, 7) is 1.64. The number of carbonyl (C=O) groups is 1. The van der Waals surface area contributed by atoms with Crippen LogP contribution in [0.15, 0.2) is 0 Å². The molecule has 4 atom stereocenters. The summed E-state index contributed by atoms with van der Waals surface area (Å²) >= 11 is 0. The fourth-order valence-electron chi connectivity index (χ4n) is 2.73. The smallest absolute Gasteiger partial charge is 0.222 e. The fourth-order valence-corrected chi connectivity index (χ4v) is 2.73. The standard InChI is InChI=1S/C11H20N2O2/c1-7(14)4-11(15)13-10-5-8-2-3-9(6-10)12-8/h7-10,12,14H,2-6H2,1H3,(H,13,15)/t7?,8-,9+,10+. The van der Waals surface area contributed by atoms with Gasteiger partial charge in [0.1, 0.15) is 0 Å². The molecule has 2 bridgehead atoms. The second-order valence-electron chi connectivity index (χ2n) is 4.93. The summed E-state index contributed by atoms with van der Waals surface area (Å²) < 4.78 is 0. The van der Waals surface area contributed by atoms with Crippen LogP contribution in [-0.2, 0) is 4.79 Å². The lowest BCUT2D eigenvalue weighted by atomic mass is 9.99. The second kappa shape index (κ2) is 4.49. The molecule has 0 saturated carbocycles. The Balaban J connectivity index is 1.78. The summed E-state index contributed by atoms with van der Waals surface area (Å²) in [5.74, 6) is -0.0173. The van der Waals surface area contributed by atoms with Crippen LogP contribution in [0.1, 0.15) is 39.0 Å². The minimum atomic E-state index is -0.538. The Hall–Kier alpha value is -0.610. The first kappa shape index (κ1) is 10.9. The minimum Gasteiger partial charge on any atom is -0.393 e. The summed E-state index contributed by atoms with van der Waals surface area (Å²) in [6, 6.07) is 1.51. The van der Waals surface area contributed by atoms with Crippen molar-refractivity contribution in [1.82, 2.24) is 10.6 Å². The van der Waals surface area contributed by atoms with Gasteiger partial charge in [-0.25, -0.2) is 0 Å². The van der Waals surface area contributed by atoms with E-state index in [0.29, 0.717) is 18.1 Å². The van der Waals surface area contributed by atoms with Gasteiger partial charge in [-0.1, -0.05) is 0 Å². The lowest BCUT2D eigenvalue weighted by Gasteiger charge is -2.29. The zero-order valence-electron chi connectivity index (χ0n) is 9.20. The molecule has 2 rings (SSSR count). The van der Waals surface area contributed by atoms with Crippen LogP contribution in [0.25, 0.3) is 0 Å². The first-order valence-corrected chi connectivity index (χ1v) is 5.87. The first-order chi connectivity index (χ1) is 7.13. The third-order valence-corrected chi connectivity index (χ3v) is 3.32. The molecule has 2 saturated heterocycles. The molecule has 3 N–H and O–H groups in total. The molecule has 15 heavy (non-hydrogen) atoms. The zero-order valence-corrected chi connectivity index (χ0v) is 9.20. The van der Waals surface area contributed by atoms with Crippen LogP contribution >= 0.6 is 0 Å². The molecule has 1 unspecified atom stereocenters. The Morgan fingerprint density at radius 2 is 2.07 bits per heavy atom. The van der Waals surface area contributed by atoms with Crippen LogP contribution < -0.4 is 10.6 Å². The average molecular weight is 212 g/mol. The lowest BCUT2D eigenvalue weighted by Crippen LogP contribution is -2.48. The molecule has 0 radical (unpaired) electrons. The number of amides is 1. The number of aliphatic hydroxyl groups excluding tert-OH is 1. The van der Waals surface area contributed by atoms with Crippen molar-refractivity contribution in [3.8, 4) is 0 Å². The summed E-state index contributed by atoms with van der Waals surface area (Å²) in [5.41, 5.74) is 0. The van der Waals surface area contributed by atoms with Crippen LogP contribution in [0.5, 0.6) is 0 Å². The highest BCUT2D eigenvalue weighted by Crippen LogP contribution is 2.26. The molecule has 0 spiro atoms. The van der Waals surface area contributed by atoms with E-state index in [4.69, 9.17) is 5.11 Å². The highest BCUT2D eigenvalue weighted by atomic mass is 16.3. The maximum Gasteiger partial charge on any atom is 0.222 e. The molecular formula is C11H20N2O2. The molecule has 0 aromatic rings. The third-order valence-electron chi connectivity index (χ3n) is 3.32. The summed E-state index contributed by atoms with van der Waals surface area (Å²) in [4.78, 5) is 11.5. The van der Waals surface area contributed by atoms with Gasteiger partial charge in [-0.15, -0.1) is 0 Å². The number of aliphatic hydroxyl groups is 1. The molecule has 86 valence electrons. The summed E-state index contributed by atoms with van der Waals surface area (Å²) in [7, 11) is 0. The van der Waals surface area contributed by atoms with Crippen molar-refractivity contribution in [2.24, 2.45) is 0 Å². The van der Waals surface area contributed by atoms with E-state index in [-0.39, 0.29) is 12.3 Å². The van der Waals surface area contributed by atoms with Crippen LogP contribution in [0.3, 0.4) is 0 Å². The Kier molecular flexibility index (Phi) is 3.26. The summed E-state index contributed by atoms with van der Waals surface area (Å²) in [5, 5.41) is 15.6. The number of carbonyl (C=O) groups excluding carboxylic acids is 1. The second-order valence-corrected chi connectivity index (χ2v) is 4.93. The molecular weight excluding hydrogens is 192 g/mol. The van der Waals surface area contributed by atoms with E-state index in [1.165, 1.54) is 12.8 Å². The quantitative estimate of drug-likeness (QED) is 0.624. The third kappa shape index (κ3) is 2.92. The highest BCUT2D eigenvalue weighted by molar-refractivity contribution is 5.76. The SMILES string of the molecule is CC(O)CC(=O)N[C@H]1C[C@H]2CC[C@@H](C1)N2. The van der Waals surface area contributed by atoms with Gasteiger partial charge < -0.3 is 15.7 Å². The van der Waals surface area contributed by atoms with Crippen molar-refractivity contribution in [3.05, 3.63) is 0 Å². The number of nitrogens with one attached hydrogen (secondary N) is 2. The van der Waals surface area contributed by atoms with Crippen LogP contribution in [-0.4, -0.2) is 35.2 Å². The maximum absolute atomic E-state index is 11.5. The van der Waals surface area contributed by atoms with Gasteiger partial charge in [0, 0.05) is 18.1 Å². The predicted molar refractivity (Wildman–Crippen MR) is 57.4 cm³/mol. The number of hydrogen-bond acceptors (Lipinski definition) is 3. The van der Waals surface area contributed by atoms with Gasteiger partial charge in [0.05, 0.1) is 12.5 Å². The Bertz CT molecular complexity index is 231. The largest absolute Gasteiger partial charge is 0.393 e. The molecule has 0 aliphatic carbocycles. The monoisotopic (exact) mass is 212 g/mol. The van der Waals surface area contributed by atoms with E-state index in [1.54, 1.807) is 6.92 Å². The fraction of sp³-hybridized carbons (Fsp3) is 0.909.